The second kappa shape index (κ2) is 6.60. The fraction of sp³-hybridized carbons (Fsp3) is 0.688. The van der Waals surface area contributed by atoms with Crippen molar-refractivity contribution in [2.45, 2.75) is 45.3 Å². The molecule has 1 saturated carbocycles. The van der Waals surface area contributed by atoms with Crippen LogP contribution in [0, 0.1) is 5.92 Å². The number of aromatic nitrogens is 2. The molecule has 0 unspecified atom stereocenters. The molecular weight excluding hydrogens is 294 g/mol. The van der Waals surface area contributed by atoms with Crippen molar-refractivity contribution in [2.24, 2.45) is 5.92 Å². The lowest BCUT2D eigenvalue weighted by Gasteiger charge is -2.30. The highest BCUT2D eigenvalue weighted by Crippen LogP contribution is 2.29. The second-order valence-corrected chi connectivity index (χ2v) is 6.64. The average molecular weight is 319 g/mol. The summed E-state index contributed by atoms with van der Waals surface area (Å²) >= 11 is 0. The number of urea groups is 1. The molecule has 1 N–H and O–H groups in total. The van der Waals surface area contributed by atoms with Crippen LogP contribution in [-0.4, -0.2) is 52.2 Å². The molecule has 2 heterocycles. The topological polar surface area (TPSA) is 70.5 Å². The molecule has 0 aromatic carbocycles. The van der Waals surface area contributed by atoms with E-state index in [4.69, 9.17) is 0 Å². The summed E-state index contributed by atoms with van der Waals surface area (Å²) in [6.45, 7) is 2.67. The number of carbonyl (C=O) groups is 2. The zero-order valence-electron chi connectivity index (χ0n) is 13.9. The van der Waals surface area contributed by atoms with Gasteiger partial charge in [-0.1, -0.05) is 6.42 Å². The lowest BCUT2D eigenvalue weighted by atomic mass is 9.84. The van der Waals surface area contributed by atoms with Crippen molar-refractivity contribution >= 4 is 11.9 Å². The van der Waals surface area contributed by atoms with E-state index in [0.717, 1.165) is 43.7 Å². The monoisotopic (exact) mass is 319 g/mol. The molecule has 1 aliphatic heterocycles. The first-order valence-electron chi connectivity index (χ1n) is 8.34. The lowest BCUT2D eigenvalue weighted by Crippen LogP contribution is -2.38. The van der Waals surface area contributed by atoms with Gasteiger partial charge in [-0.25, -0.2) is 4.79 Å². The van der Waals surface area contributed by atoms with Gasteiger partial charge in [0.05, 0.1) is 24.5 Å². The Bertz CT molecular complexity index is 591. The Morgan fingerprint density at radius 1 is 1.30 bits per heavy atom. The van der Waals surface area contributed by atoms with Crippen LogP contribution in [0.2, 0.25) is 0 Å². The minimum Gasteiger partial charge on any atom is -0.337 e. The zero-order chi connectivity index (χ0) is 16.4. The van der Waals surface area contributed by atoms with Crippen molar-refractivity contribution < 1.29 is 9.59 Å². The number of hydrogen-bond donors (Lipinski definition) is 1. The number of aryl methyl sites for hydroxylation is 1. The Balaban J connectivity index is 1.64. The minimum absolute atomic E-state index is 0.130. The first kappa shape index (κ1) is 15.8. The number of carbonyl (C=O) groups excluding carboxylic acids is 2. The first-order chi connectivity index (χ1) is 11.0. The molecule has 1 aliphatic carbocycles. The van der Waals surface area contributed by atoms with E-state index in [1.54, 1.807) is 14.1 Å². The third kappa shape index (κ3) is 3.48. The van der Waals surface area contributed by atoms with Crippen LogP contribution in [0.1, 0.15) is 37.1 Å². The van der Waals surface area contributed by atoms with Gasteiger partial charge >= 0.3 is 6.03 Å². The molecule has 0 bridgehead atoms. The standard InChI is InChI=1S/C16H25N5O2/c1-19(2)16(23)17-10-13-9-14-11-20(7-4-8-21(14)18-13)15(22)12-5-3-6-12/h9,12H,3-8,10-11H2,1-2H3,(H,17,23). The Kier molecular flexibility index (Phi) is 4.54. The highest BCUT2D eigenvalue weighted by atomic mass is 16.2. The van der Waals surface area contributed by atoms with Gasteiger partial charge in [-0.2, -0.15) is 5.10 Å². The first-order valence-corrected chi connectivity index (χ1v) is 8.34. The van der Waals surface area contributed by atoms with E-state index in [9.17, 15) is 9.59 Å². The van der Waals surface area contributed by atoms with Gasteiger partial charge in [-0.15, -0.1) is 0 Å². The largest absolute Gasteiger partial charge is 0.337 e. The van der Waals surface area contributed by atoms with Crippen LogP contribution in [0.3, 0.4) is 0 Å². The maximum atomic E-state index is 12.5. The molecule has 126 valence electrons. The summed E-state index contributed by atoms with van der Waals surface area (Å²) < 4.78 is 1.98. The van der Waals surface area contributed by atoms with Gasteiger partial charge in [-0.05, 0) is 25.3 Å². The molecule has 23 heavy (non-hydrogen) atoms. The molecule has 0 saturated heterocycles. The highest BCUT2D eigenvalue weighted by molar-refractivity contribution is 5.79. The van der Waals surface area contributed by atoms with Crippen LogP contribution < -0.4 is 5.32 Å². The SMILES string of the molecule is CN(C)C(=O)NCc1cc2n(n1)CCCN(C(=O)C1CCC1)C2. The van der Waals surface area contributed by atoms with Crippen LogP contribution in [0.5, 0.6) is 0 Å². The van der Waals surface area contributed by atoms with Gasteiger partial charge in [0, 0.05) is 33.1 Å². The van der Waals surface area contributed by atoms with Crippen molar-refractivity contribution in [2.75, 3.05) is 20.6 Å². The third-order valence-corrected chi connectivity index (χ3v) is 4.66. The van der Waals surface area contributed by atoms with Crippen LogP contribution in [0.15, 0.2) is 6.07 Å². The number of hydrogen-bond acceptors (Lipinski definition) is 3. The van der Waals surface area contributed by atoms with Crippen molar-refractivity contribution in [1.29, 1.82) is 0 Å². The van der Waals surface area contributed by atoms with Crippen LogP contribution in [0.25, 0.3) is 0 Å². The fourth-order valence-corrected chi connectivity index (χ4v) is 3.03. The van der Waals surface area contributed by atoms with Crippen LogP contribution in [0.4, 0.5) is 4.79 Å². The molecule has 2 aliphatic rings. The van der Waals surface area contributed by atoms with E-state index in [0.29, 0.717) is 19.0 Å². The molecule has 1 aromatic heterocycles. The molecule has 0 spiro atoms. The van der Waals surface area contributed by atoms with Gasteiger partial charge in [0.1, 0.15) is 0 Å². The molecule has 7 nitrogen and oxygen atoms in total. The van der Waals surface area contributed by atoms with Crippen LogP contribution >= 0.6 is 0 Å². The summed E-state index contributed by atoms with van der Waals surface area (Å²) in [5.74, 6) is 0.539. The molecule has 1 aromatic rings. The summed E-state index contributed by atoms with van der Waals surface area (Å²) in [4.78, 5) is 27.5. The van der Waals surface area contributed by atoms with Crippen LogP contribution in [-0.2, 0) is 24.4 Å². The van der Waals surface area contributed by atoms with Gasteiger partial charge in [0.25, 0.3) is 0 Å². The predicted molar refractivity (Wildman–Crippen MR) is 85.5 cm³/mol. The highest BCUT2D eigenvalue weighted by Gasteiger charge is 2.30. The van der Waals surface area contributed by atoms with E-state index < -0.39 is 0 Å². The van der Waals surface area contributed by atoms with Crippen molar-refractivity contribution in [1.82, 2.24) is 24.9 Å². The molecule has 3 amide bonds. The molecule has 7 heteroatoms. The molecule has 3 rings (SSSR count). The minimum atomic E-state index is -0.130. The smallest absolute Gasteiger partial charge is 0.317 e. The van der Waals surface area contributed by atoms with Crippen molar-refractivity contribution in [3.05, 3.63) is 17.5 Å². The molecule has 1 fully saturated rings. The molecule has 0 atom stereocenters. The summed E-state index contributed by atoms with van der Waals surface area (Å²) in [5.41, 5.74) is 1.90. The van der Waals surface area contributed by atoms with Gasteiger partial charge < -0.3 is 15.1 Å². The van der Waals surface area contributed by atoms with E-state index >= 15 is 0 Å². The van der Waals surface area contributed by atoms with Crippen molar-refractivity contribution in [3.8, 4) is 0 Å². The quantitative estimate of drug-likeness (QED) is 0.909. The average Bonchev–Trinajstić information content (AvgIpc) is 2.73. The normalized spacial score (nSPS) is 17.9. The maximum absolute atomic E-state index is 12.5. The summed E-state index contributed by atoms with van der Waals surface area (Å²) in [7, 11) is 3.42. The Labute approximate surface area is 136 Å². The maximum Gasteiger partial charge on any atom is 0.317 e. The zero-order valence-corrected chi connectivity index (χ0v) is 13.9. The fourth-order valence-electron chi connectivity index (χ4n) is 3.03. The van der Waals surface area contributed by atoms with Crippen molar-refractivity contribution in [3.63, 3.8) is 0 Å². The predicted octanol–water partition coefficient (Wildman–Crippen LogP) is 1.19. The Morgan fingerprint density at radius 2 is 2.09 bits per heavy atom. The van der Waals surface area contributed by atoms with E-state index in [1.165, 1.54) is 11.3 Å². The third-order valence-electron chi connectivity index (χ3n) is 4.66. The van der Waals surface area contributed by atoms with E-state index in [-0.39, 0.29) is 11.9 Å². The number of fused-ring (bicyclic) bond motifs is 1. The summed E-state index contributed by atoms with van der Waals surface area (Å²) in [6, 6.07) is 1.87. The number of rotatable bonds is 3. The Morgan fingerprint density at radius 3 is 2.74 bits per heavy atom. The summed E-state index contributed by atoms with van der Waals surface area (Å²) in [6.07, 6.45) is 4.18. The van der Waals surface area contributed by atoms with Gasteiger partial charge in [0.2, 0.25) is 5.91 Å². The van der Waals surface area contributed by atoms with Gasteiger partial charge in [-0.3, -0.25) is 9.48 Å². The number of nitrogens with zero attached hydrogens (tertiary/aromatic N) is 4. The lowest BCUT2D eigenvalue weighted by molar-refractivity contribution is -0.138. The number of amides is 3. The van der Waals surface area contributed by atoms with Gasteiger partial charge in [0.15, 0.2) is 0 Å². The van der Waals surface area contributed by atoms with E-state index in [1.807, 2.05) is 15.6 Å². The second-order valence-electron chi connectivity index (χ2n) is 6.64. The number of nitrogens with one attached hydrogen (secondary N) is 1. The Hall–Kier alpha value is -2.05. The molecule has 0 radical (unpaired) electrons. The summed E-state index contributed by atoms with van der Waals surface area (Å²) in [5, 5.41) is 7.38. The molecular formula is C16H25N5O2. The van der Waals surface area contributed by atoms with E-state index in [2.05, 4.69) is 10.4 Å².